The van der Waals surface area contributed by atoms with Crippen LogP contribution in [0.15, 0.2) is 66.2 Å². The Morgan fingerprint density at radius 2 is 1.31 bits per heavy atom. The minimum atomic E-state index is -0.514. The zero-order chi connectivity index (χ0) is 16.8. The largest absolute Gasteiger partial charge is 1.00 e. The molecule has 4 rings (SSSR count). The summed E-state index contributed by atoms with van der Waals surface area (Å²) >= 11 is 1.52. The fourth-order valence-corrected chi connectivity index (χ4v) is 6.63. The van der Waals surface area contributed by atoms with E-state index in [1.807, 2.05) is 0 Å². The van der Waals surface area contributed by atoms with E-state index in [2.05, 4.69) is 80.7 Å². The summed E-state index contributed by atoms with van der Waals surface area (Å²) < 4.78 is 1.54. The molecule has 0 spiro atoms. The van der Waals surface area contributed by atoms with E-state index < -0.39 is 8.41 Å². The second-order valence-corrected chi connectivity index (χ2v) is 10.4. The number of benzene rings is 3. The Labute approximate surface area is 184 Å². The normalized spacial score (nSPS) is 12.6. The summed E-state index contributed by atoms with van der Waals surface area (Å²) in [5, 5.41) is 4.30. The van der Waals surface area contributed by atoms with Crippen molar-refractivity contribution < 1.29 is 49.5 Å². The Hall–Kier alpha value is -0.790. The minimum absolute atomic E-state index is 0. The van der Waals surface area contributed by atoms with Gasteiger partial charge in [-0.3, -0.25) is 0 Å². The molecule has 0 nitrogen and oxygen atoms in total. The number of rotatable bonds is 1. The van der Waals surface area contributed by atoms with Crippen molar-refractivity contribution in [1.82, 2.24) is 0 Å². The van der Waals surface area contributed by atoms with Gasteiger partial charge in [0.2, 0.25) is 0 Å². The Kier molecular flexibility index (Phi) is 7.02. The van der Waals surface area contributed by atoms with Crippen LogP contribution in [0.4, 0.5) is 0 Å². The first-order chi connectivity index (χ1) is 11.6. The van der Waals surface area contributed by atoms with E-state index >= 15 is 0 Å². The van der Waals surface area contributed by atoms with Crippen LogP contribution in [-0.4, -0.2) is 13.6 Å². The van der Waals surface area contributed by atoms with Crippen molar-refractivity contribution in [2.75, 3.05) is 0 Å². The second-order valence-electron chi connectivity index (χ2n) is 6.63. The molecule has 0 unspecified atom stereocenters. The summed E-state index contributed by atoms with van der Waals surface area (Å²) in [6, 6.07) is 22.3. The molecule has 3 aromatic rings. The molecule has 0 fully saturated rings. The molecule has 0 aromatic heterocycles. The van der Waals surface area contributed by atoms with Crippen molar-refractivity contribution >= 4 is 27.6 Å². The average molecular weight is 474 g/mol. The molecule has 0 aliphatic heterocycles. The van der Waals surface area contributed by atoms with Crippen LogP contribution in [0.3, 0.4) is 0 Å². The second kappa shape index (κ2) is 8.48. The number of allylic oxidation sites excluding steroid dienone is 1. The Morgan fingerprint density at radius 3 is 2.04 bits per heavy atom. The van der Waals surface area contributed by atoms with Crippen LogP contribution >= 0.6 is 0 Å². The Morgan fingerprint density at radius 1 is 0.731 bits per heavy atom. The van der Waals surface area contributed by atoms with Gasteiger partial charge >= 0.3 is 161 Å². The molecule has 0 N–H and O–H groups in total. The van der Waals surface area contributed by atoms with Gasteiger partial charge in [-0.1, -0.05) is 0 Å². The van der Waals surface area contributed by atoms with Crippen molar-refractivity contribution in [2.45, 2.75) is 20.0 Å². The molecule has 0 saturated heterocycles. The van der Waals surface area contributed by atoms with E-state index in [0.717, 1.165) is 0 Å². The molecule has 0 amide bonds. The molecule has 4 heteroatoms. The number of hydrogen-bond donors (Lipinski definition) is 0. The van der Waals surface area contributed by atoms with E-state index in [4.69, 9.17) is 0 Å². The topological polar surface area (TPSA) is 0 Å². The van der Waals surface area contributed by atoms with E-state index in [1.54, 1.807) is 8.45 Å². The first kappa shape index (κ1) is 21.5. The van der Waals surface area contributed by atoms with E-state index in [-0.39, 0.29) is 24.8 Å². The maximum atomic E-state index is 2.42. The van der Waals surface area contributed by atoms with Gasteiger partial charge in [0.15, 0.2) is 0 Å². The number of hydrogen-bond acceptors (Lipinski definition) is 0. The molecular weight excluding hydrogens is 454 g/mol. The molecular formula is C22H19Cl2SiZr. The van der Waals surface area contributed by atoms with Crippen molar-refractivity contribution in [1.29, 1.82) is 0 Å². The number of halogens is 2. The van der Waals surface area contributed by atoms with Gasteiger partial charge in [-0.25, -0.2) is 0 Å². The molecule has 3 aromatic carbocycles. The van der Waals surface area contributed by atoms with Crippen LogP contribution in [-0.2, 0) is 24.7 Å². The molecule has 0 radical (unpaired) electrons. The van der Waals surface area contributed by atoms with Crippen LogP contribution < -0.4 is 24.8 Å². The molecule has 0 atom stereocenters. The van der Waals surface area contributed by atoms with Gasteiger partial charge in [0, 0.05) is 0 Å². The van der Waals surface area contributed by atoms with Crippen LogP contribution in [0.2, 0.25) is 13.1 Å². The summed E-state index contributed by atoms with van der Waals surface area (Å²) in [5.41, 5.74) is 7.29. The fourth-order valence-electron chi connectivity index (χ4n) is 3.85. The predicted octanol–water partition coefficient (Wildman–Crippen LogP) is -0.337. The Balaban J connectivity index is 0.00000121. The standard InChI is InChI=1S/C22H19Si.2ClH.Zr/c1-15-14-17-10-7-13-20(21(17)22(15)23(2)3)19-12-6-9-16-8-4-5-11-18(16)19;;;/h4-13H,1-3H3;2*1H;/q;;;+2/p-2. The smallest absolute Gasteiger partial charge is 1.00 e. The summed E-state index contributed by atoms with van der Waals surface area (Å²) in [5.74, 6) is 0. The zero-order valence-electron chi connectivity index (χ0n) is 15.0. The van der Waals surface area contributed by atoms with Gasteiger partial charge in [-0.15, -0.1) is 0 Å². The summed E-state index contributed by atoms with van der Waals surface area (Å²) in [7, 11) is -0.514. The average Bonchev–Trinajstić information content (AvgIpc) is 2.86. The fraction of sp³-hybridized carbons (Fsp3) is 0.136. The van der Waals surface area contributed by atoms with Gasteiger partial charge in [0.25, 0.3) is 0 Å². The third kappa shape index (κ3) is 3.38. The first-order valence-electron chi connectivity index (χ1n) is 8.32. The quantitative estimate of drug-likeness (QED) is 0.425. The molecule has 1 aliphatic carbocycles. The van der Waals surface area contributed by atoms with Crippen molar-refractivity contribution in [2.24, 2.45) is 0 Å². The van der Waals surface area contributed by atoms with E-state index in [1.165, 1.54) is 63.3 Å². The molecule has 129 valence electrons. The van der Waals surface area contributed by atoms with Crippen LogP contribution in [0.5, 0.6) is 0 Å². The Bertz CT molecular complexity index is 1040. The molecule has 26 heavy (non-hydrogen) atoms. The van der Waals surface area contributed by atoms with E-state index in [9.17, 15) is 0 Å². The third-order valence-corrected chi connectivity index (χ3v) is 8.12. The third-order valence-electron chi connectivity index (χ3n) is 4.91. The van der Waals surface area contributed by atoms with Crippen molar-refractivity contribution in [3.05, 3.63) is 77.4 Å². The van der Waals surface area contributed by atoms with Gasteiger partial charge in [-0.2, -0.15) is 0 Å². The van der Waals surface area contributed by atoms with Crippen LogP contribution in [0.25, 0.3) is 25.2 Å². The van der Waals surface area contributed by atoms with Gasteiger partial charge in [-0.05, 0) is 0 Å². The minimum Gasteiger partial charge on any atom is -1.00 e. The first-order valence-corrected chi connectivity index (χ1v) is 12.0. The molecule has 0 saturated carbocycles. The summed E-state index contributed by atoms with van der Waals surface area (Å²) in [4.78, 5) is 0. The molecule has 0 heterocycles. The maximum Gasteiger partial charge on any atom is -1.00 e. The van der Waals surface area contributed by atoms with Gasteiger partial charge in [0.1, 0.15) is 0 Å². The monoisotopic (exact) mass is 471 g/mol. The van der Waals surface area contributed by atoms with Gasteiger partial charge in [0.05, 0.1) is 0 Å². The van der Waals surface area contributed by atoms with Crippen LogP contribution in [0.1, 0.15) is 18.1 Å². The molecule has 1 aliphatic rings. The van der Waals surface area contributed by atoms with Crippen LogP contribution in [0, 0.1) is 0 Å². The van der Waals surface area contributed by atoms with Gasteiger partial charge < -0.3 is 24.8 Å². The molecule has 0 bridgehead atoms. The number of fused-ring (bicyclic) bond motifs is 2. The van der Waals surface area contributed by atoms with E-state index in [0.29, 0.717) is 0 Å². The zero-order valence-corrected chi connectivity index (χ0v) is 20.0. The van der Waals surface area contributed by atoms with Crippen molar-refractivity contribution in [3.8, 4) is 11.1 Å². The summed E-state index contributed by atoms with van der Waals surface area (Å²) in [6.45, 7) is 7.16. The predicted molar refractivity (Wildman–Crippen MR) is 104 cm³/mol. The van der Waals surface area contributed by atoms with Crippen molar-refractivity contribution in [3.63, 3.8) is 0 Å². The maximum absolute atomic E-state index is 2.42. The summed E-state index contributed by atoms with van der Waals surface area (Å²) in [6.07, 6.45) is 0. The SMILES string of the molecule is CC1=[C]([Zr+2])c2cccc(-c3cccc4ccccc34)c2C1=[Si](C)C.[Cl-].[Cl-].